The molecule has 0 saturated carbocycles. The first-order valence-corrected chi connectivity index (χ1v) is 12.3. The maximum absolute atomic E-state index is 14.1. The Bertz CT molecular complexity index is 981. The lowest BCUT2D eigenvalue weighted by Crippen LogP contribution is -2.43. The number of aromatic nitrogens is 1. The molecule has 1 aromatic heterocycles. The van der Waals surface area contributed by atoms with Gasteiger partial charge in [0.15, 0.2) is 6.04 Å². The summed E-state index contributed by atoms with van der Waals surface area (Å²) in [4.78, 5) is 17.6. The Hall–Kier alpha value is -2.00. The molecule has 2 aliphatic rings. The molecule has 1 amide bonds. The zero-order valence-corrected chi connectivity index (χ0v) is 19.5. The molecule has 2 unspecified atom stereocenters. The monoisotopic (exact) mass is 501 g/mol. The fourth-order valence-corrected chi connectivity index (χ4v) is 5.94. The number of halogens is 5. The highest BCUT2D eigenvalue weighted by atomic mass is 35.5. The molecule has 0 spiro atoms. The molecule has 1 saturated heterocycles. The van der Waals surface area contributed by atoms with E-state index in [4.69, 9.17) is 11.6 Å². The number of hydrogen-bond donors (Lipinski definition) is 1. The van der Waals surface area contributed by atoms with Crippen molar-refractivity contribution in [2.45, 2.75) is 43.9 Å². The van der Waals surface area contributed by atoms with E-state index >= 15 is 0 Å². The normalized spacial score (nSPS) is 19.8. The molecular weight excluding hydrogens is 478 g/mol. The van der Waals surface area contributed by atoms with E-state index in [0.717, 1.165) is 22.0 Å². The van der Waals surface area contributed by atoms with Crippen molar-refractivity contribution in [1.82, 2.24) is 9.88 Å². The van der Waals surface area contributed by atoms with Gasteiger partial charge in [0.1, 0.15) is 5.82 Å². The molecule has 1 N–H and O–H groups in total. The number of amides is 1. The summed E-state index contributed by atoms with van der Waals surface area (Å²) in [6.07, 6.45) is -1.23. The highest BCUT2D eigenvalue weighted by Crippen LogP contribution is 2.38. The van der Waals surface area contributed by atoms with Crippen molar-refractivity contribution in [1.29, 1.82) is 0 Å². The summed E-state index contributed by atoms with van der Waals surface area (Å²) >= 11 is 7.88. The lowest BCUT2D eigenvalue weighted by molar-refractivity contribution is -0.191. The van der Waals surface area contributed by atoms with E-state index in [-0.39, 0.29) is 17.6 Å². The third-order valence-corrected chi connectivity index (χ3v) is 7.67. The third-order valence-electron chi connectivity index (χ3n) is 6.27. The van der Waals surface area contributed by atoms with E-state index in [9.17, 15) is 22.4 Å². The minimum Gasteiger partial charge on any atom is -0.380 e. The number of alkyl halides is 3. The average Bonchev–Trinajstić information content (AvgIpc) is 3.22. The zero-order chi connectivity index (χ0) is 23.8. The zero-order valence-electron chi connectivity index (χ0n) is 18.0. The molecule has 4 rings (SSSR count). The van der Waals surface area contributed by atoms with Gasteiger partial charge in [-0.15, -0.1) is 0 Å². The van der Waals surface area contributed by atoms with Crippen molar-refractivity contribution in [3.63, 3.8) is 0 Å². The van der Waals surface area contributed by atoms with Crippen LogP contribution in [-0.4, -0.2) is 46.6 Å². The number of pyridine rings is 1. The van der Waals surface area contributed by atoms with Crippen molar-refractivity contribution >= 4 is 35.0 Å². The molecule has 1 aliphatic carbocycles. The molecule has 2 aromatic rings. The van der Waals surface area contributed by atoms with Crippen LogP contribution >= 0.6 is 23.4 Å². The summed E-state index contributed by atoms with van der Waals surface area (Å²) in [5.41, 5.74) is 1.59. The summed E-state index contributed by atoms with van der Waals surface area (Å²) < 4.78 is 55.9. The molecule has 2 atom stereocenters. The van der Waals surface area contributed by atoms with Gasteiger partial charge in [0.25, 0.3) is 0 Å². The molecule has 1 fully saturated rings. The lowest BCUT2D eigenvalue weighted by Gasteiger charge is -2.33. The van der Waals surface area contributed by atoms with Crippen LogP contribution in [0, 0.1) is 11.7 Å². The number of carbonyl (C=O) groups is 1. The van der Waals surface area contributed by atoms with Gasteiger partial charge in [-0.05, 0) is 72.6 Å². The molecule has 178 valence electrons. The highest BCUT2D eigenvalue weighted by Gasteiger charge is 2.47. The van der Waals surface area contributed by atoms with Crippen LogP contribution in [0.2, 0.25) is 5.02 Å². The number of thioether (sulfide) groups is 1. The summed E-state index contributed by atoms with van der Waals surface area (Å²) in [5, 5.41) is 3.70. The number of benzene rings is 1. The van der Waals surface area contributed by atoms with Gasteiger partial charge >= 0.3 is 6.18 Å². The minimum absolute atomic E-state index is 0.145. The van der Waals surface area contributed by atoms with Crippen LogP contribution in [0.4, 0.5) is 23.2 Å². The fourth-order valence-electron chi connectivity index (χ4n) is 4.58. The van der Waals surface area contributed by atoms with E-state index < -0.39 is 24.0 Å². The van der Waals surface area contributed by atoms with Gasteiger partial charge in [-0.2, -0.15) is 24.9 Å². The van der Waals surface area contributed by atoms with E-state index in [1.807, 2.05) is 0 Å². The van der Waals surface area contributed by atoms with E-state index in [1.165, 1.54) is 37.5 Å². The predicted molar refractivity (Wildman–Crippen MR) is 122 cm³/mol. The van der Waals surface area contributed by atoms with Crippen LogP contribution < -0.4 is 5.32 Å². The summed E-state index contributed by atoms with van der Waals surface area (Å²) in [5.74, 6) is 0.353. The molecule has 0 bridgehead atoms. The second-order valence-corrected chi connectivity index (χ2v) is 10.1. The van der Waals surface area contributed by atoms with Gasteiger partial charge in [-0.3, -0.25) is 9.78 Å². The smallest absolute Gasteiger partial charge is 0.380 e. The second kappa shape index (κ2) is 9.70. The number of anilines is 1. The topological polar surface area (TPSA) is 45.2 Å². The van der Waals surface area contributed by atoms with Crippen molar-refractivity contribution in [2.75, 3.05) is 23.9 Å². The Kier molecular flexibility index (Phi) is 7.09. The van der Waals surface area contributed by atoms with Crippen LogP contribution in [-0.2, 0) is 17.6 Å². The highest BCUT2D eigenvalue weighted by molar-refractivity contribution is 7.99. The maximum atomic E-state index is 14.1. The minimum atomic E-state index is -4.66. The Labute approximate surface area is 199 Å². The average molecular weight is 502 g/mol. The number of carbonyl (C=O) groups excluding carboxylic acids is 1. The standard InChI is InChI=1S/C23H24ClF4N3OS/c1-31(22(32)13-6-8-33-9-7-13)21(23(26,27)28)20-5-2-14(12-29-20)30-15-10-16-17(11-15)19(25)4-3-18(16)24/h2-5,12-13,15,21,30H,6-11H2,1H3. The molecular formula is C23H24ClF4N3OS. The van der Waals surface area contributed by atoms with Gasteiger partial charge in [0, 0.05) is 24.0 Å². The van der Waals surface area contributed by atoms with Gasteiger partial charge in [0.2, 0.25) is 5.91 Å². The van der Waals surface area contributed by atoms with Crippen molar-refractivity contribution < 1.29 is 22.4 Å². The first-order chi connectivity index (χ1) is 15.6. The van der Waals surface area contributed by atoms with Crippen LogP contribution in [0.5, 0.6) is 0 Å². The number of fused-ring (bicyclic) bond motifs is 1. The predicted octanol–water partition coefficient (Wildman–Crippen LogP) is 5.66. The van der Waals surface area contributed by atoms with Gasteiger partial charge in [-0.1, -0.05) is 11.6 Å². The Morgan fingerprint density at radius 1 is 1.18 bits per heavy atom. The van der Waals surface area contributed by atoms with E-state index in [0.29, 0.717) is 42.0 Å². The van der Waals surface area contributed by atoms with Crippen molar-refractivity contribution in [3.05, 3.63) is 58.1 Å². The van der Waals surface area contributed by atoms with Gasteiger partial charge < -0.3 is 10.2 Å². The summed E-state index contributed by atoms with van der Waals surface area (Å²) in [6, 6.07) is 3.40. The molecule has 2 heterocycles. The number of nitrogens with one attached hydrogen (secondary N) is 1. The molecule has 1 aromatic carbocycles. The summed E-state index contributed by atoms with van der Waals surface area (Å²) in [6.45, 7) is 0. The first kappa shape index (κ1) is 24.1. The molecule has 10 heteroatoms. The van der Waals surface area contributed by atoms with Crippen LogP contribution in [0.3, 0.4) is 0 Å². The number of nitrogens with zero attached hydrogens (tertiary/aromatic N) is 2. The number of rotatable bonds is 5. The number of hydrogen-bond acceptors (Lipinski definition) is 4. The van der Waals surface area contributed by atoms with Crippen molar-refractivity contribution in [2.24, 2.45) is 5.92 Å². The SMILES string of the molecule is CN(C(=O)C1CCSCC1)C(c1ccc(NC2Cc3c(F)ccc(Cl)c3C2)cn1)C(F)(F)F. The fraction of sp³-hybridized carbons (Fsp3) is 0.478. The quantitative estimate of drug-likeness (QED) is 0.537. The van der Waals surface area contributed by atoms with Crippen LogP contribution in [0.25, 0.3) is 0 Å². The Morgan fingerprint density at radius 3 is 2.48 bits per heavy atom. The molecule has 0 radical (unpaired) electrons. The summed E-state index contributed by atoms with van der Waals surface area (Å²) in [7, 11) is 1.20. The largest absolute Gasteiger partial charge is 0.414 e. The van der Waals surface area contributed by atoms with Crippen LogP contribution in [0.15, 0.2) is 30.5 Å². The van der Waals surface area contributed by atoms with E-state index in [1.54, 1.807) is 11.8 Å². The molecule has 33 heavy (non-hydrogen) atoms. The van der Waals surface area contributed by atoms with Gasteiger partial charge in [0.05, 0.1) is 17.6 Å². The van der Waals surface area contributed by atoms with Crippen LogP contribution in [0.1, 0.15) is 35.7 Å². The molecule has 4 nitrogen and oxygen atoms in total. The van der Waals surface area contributed by atoms with Gasteiger partial charge in [-0.25, -0.2) is 4.39 Å². The molecule has 1 aliphatic heterocycles. The Morgan fingerprint density at radius 2 is 1.88 bits per heavy atom. The third kappa shape index (κ3) is 5.24. The maximum Gasteiger partial charge on any atom is 0.414 e. The first-order valence-electron chi connectivity index (χ1n) is 10.7. The lowest BCUT2D eigenvalue weighted by atomic mass is 9.99. The Balaban J connectivity index is 1.47. The van der Waals surface area contributed by atoms with Crippen molar-refractivity contribution in [3.8, 4) is 0 Å². The van der Waals surface area contributed by atoms with E-state index in [2.05, 4.69) is 10.3 Å². The second-order valence-electron chi connectivity index (χ2n) is 8.49.